The van der Waals surface area contributed by atoms with Crippen LogP contribution in [0.2, 0.25) is 0 Å². The van der Waals surface area contributed by atoms with E-state index in [9.17, 15) is 0 Å². The maximum absolute atomic E-state index is 5.92. The summed E-state index contributed by atoms with van der Waals surface area (Å²) in [7, 11) is 0. The molecule has 0 aliphatic rings. The van der Waals surface area contributed by atoms with Crippen LogP contribution >= 0.6 is 0 Å². The van der Waals surface area contributed by atoms with E-state index >= 15 is 0 Å². The molecule has 0 aromatic heterocycles. The minimum Gasteiger partial charge on any atom is -0.328 e. The zero-order valence-electron chi connectivity index (χ0n) is 11.2. The molecule has 1 unspecified atom stereocenters. The van der Waals surface area contributed by atoms with Gasteiger partial charge in [-0.3, -0.25) is 0 Å². The average Bonchev–Trinajstić information content (AvgIpc) is 2.15. The quantitative estimate of drug-likeness (QED) is 0.818. The highest BCUT2D eigenvalue weighted by atomic mass is 14.6. The molecule has 0 radical (unpaired) electrons. The van der Waals surface area contributed by atoms with Gasteiger partial charge in [0.05, 0.1) is 0 Å². The Kier molecular flexibility index (Phi) is 4.55. The molecular weight excluding hydrogens is 194 g/mol. The van der Waals surface area contributed by atoms with Crippen molar-refractivity contribution in [2.45, 2.75) is 58.9 Å². The summed E-state index contributed by atoms with van der Waals surface area (Å²) in [6.45, 7) is 11.0. The molecular formula is C15H25N. The van der Waals surface area contributed by atoms with E-state index in [2.05, 4.69) is 52.8 Å². The molecule has 1 heteroatoms. The number of hydrogen-bond acceptors (Lipinski definition) is 1. The van der Waals surface area contributed by atoms with E-state index in [1.807, 2.05) is 0 Å². The van der Waals surface area contributed by atoms with Gasteiger partial charge in [0.2, 0.25) is 0 Å². The van der Waals surface area contributed by atoms with Gasteiger partial charge in [-0.05, 0) is 41.9 Å². The second-order valence-electron chi connectivity index (χ2n) is 5.45. The number of rotatable bonds is 4. The van der Waals surface area contributed by atoms with Gasteiger partial charge in [-0.1, -0.05) is 45.9 Å². The molecule has 16 heavy (non-hydrogen) atoms. The van der Waals surface area contributed by atoms with Gasteiger partial charge in [-0.25, -0.2) is 0 Å². The van der Waals surface area contributed by atoms with Crippen molar-refractivity contribution in [2.24, 2.45) is 5.73 Å². The third-order valence-electron chi connectivity index (χ3n) is 3.00. The third kappa shape index (κ3) is 3.34. The summed E-state index contributed by atoms with van der Waals surface area (Å²) in [5.74, 6) is 1.17. The van der Waals surface area contributed by atoms with Gasteiger partial charge < -0.3 is 5.73 Å². The predicted octanol–water partition coefficient (Wildman–Crippen LogP) is 3.82. The lowest BCUT2D eigenvalue weighted by atomic mass is 9.89. The first-order valence-corrected chi connectivity index (χ1v) is 6.30. The van der Waals surface area contributed by atoms with Crippen LogP contribution in [0.25, 0.3) is 0 Å². The van der Waals surface area contributed by atoms with Gasteiger partial charge >= 0.3 is 0 Å². The topological polar surface area (TPSA) is 26.0 Å². The predicted molar refractivity (Wildman–Crippen MR) is 72.0 cm³/mol. The summed E-state index contributed by atoms with van der Waals surface area (Å²) in [6.07, 6.45) is 0.980. The fraction of sp³-hybridized carbons (Fsp3) is 0.600. The molecule has 0 saturated carbocycles. The maximum Gasteiger partial charge on any atom is 0.00510 e. The van der Waals surface area contributed by atoms with Crippen LogP contribution < -0.4 is 5.73 Å². The minimum atomic E-state index is 0.236. The first-order valence-electron chi connectivity index (χ1n) is 6.30. The Morgan fingerprint density at radius 1 is 1.00 bits per heavy atom. The van der Waals surface area contributed by atoms with Crippen molar-refractivity contribution in [1.29, 1.82) is 0 Å². The fourth-order valence-corrected chi connectivity index (χ4v) is 2.07. The molecule has 0 bridgehead atoms. The van der Waals surface area contributed by atoms with E-state index in [0.29, 0.717) is 11.8 Å². The Labute approximate surface area is 100 Å². The zero-order chi connectivity index (χ0) is 12.3. The largest absolute Gasteiger partial charge is 0.328 e. The molecule has 0 amide bonds. The molecule has 1 aromatic rings. The highest BCUT2D eigenvalue weighted by Crippen LogP contribution is 2.25. The van der Waals surface area contributed by atoms with E-state index in [1.54, 1.807) is 0 Å². The number of hydrogen-bond donors (Lipinski definition) is 1. The van der Waals surface area contributed by atoms with Crippen molar-refractivity contribution in [3.63, 3.8) is 0 Å². The SMILES string of the molecule is CC(N)Cc1cc(C(C)C)ccc1C(C)C. The van der Waals surface area contributed by atoms with Crippen LogP contribution in [0, 0.1) is 0 Å². The van der Waals surface area contributed by atoms with Crippen LogP contribution in [0.4, 0.5) is 0 Å². The van der Waals surface area contributed by atoms with E-state index in [0.717, 1.165) is 6.42 Å². The highest BCUT2D eigenvalue weighted by Gasteiger charge is 2.10. The monoisotopic (exact) mass is 219 g/mol. The first kappa shape index (κ1) is 13.2. The molecule has 2 N–H and O–H groups in total. The molecule has 1 rings (SSSR count). The van der Waals surface area contributed by atoms with Crippen molar-refractivity contribution in [3.05, 3.63) is 34.9 Å². The maximum atomic E-state index is 5.92. The summed E-state index contributed by atoms with van der Waals surface area (Å²) in [6, 6.07) is 7.10. The molecule has 0 fully saturated rings. The molecule has 0 spiro atoms. The van der Waals surface area contributed by atoms with E-state index < -0.39 is 0 Å². The van der Waals surface area contributed by atoms with Crippen molar-refractivity contribution >= 4 is 0 Å². The molecule has 0 aliphatic carbocycles. The summed E-state index contributed by atoms with van der Waals surface area (Å²) in [5, 5.41) is 0. The van der Waals surface area contributed by atoms with Gasteiger partial charge in [0, 0.05) is 6.04 Å². The van der Waals surface area contributed by atoms with Crippen LogP contribution in [0.15, 0.2) is 18.2 Å². The van der Waals surface area contributed by atoms with Gasteiger partial charge in [0.25, 0.3) is 0 Å². The van der Waals surface area contributed by atoms with Crippen molar-refractivity contribution in [3.8, 4) is 0 Å². The average molecular weight is 219 g/mol. The van der Waals surface area contributed by atoms with Crippen LogP contribution in [-0.2, 0) is 6.42 Å². The number of nitrogens with two attached hydrogens (primary N) is 1. The fourth-order valence-electron chi connectivity index (χ4n) is 2.07. The minimum absolute atomic E-state index is 0.236. The van der Waals surface area contributed by atoms with E-state index in [-0.39, 0.29) is 6.04 Å². The molecule has 1 nitrogen and oxygen atoms in total. The van der Waals surface area contributed by atoms with E-state index in [1.165, 1.54) is 16.7 Å². The van der Waals surface area contributed by atoms with Crippen molar-refractivity contribution in [2.75, 3.05) is 0 Å². The standard InChI is InChI=1S/C15H25N/c1-10(2)13-6-7-15(11(3)4)14(9-13)8-12(5)16/h6-7,9-12H,8,16H2,1-5H3. The highest BCUT2D eigenvalue weighted by molar-refractivity contribution is 5.36. The van der Waals surface area contributed by atoms with Crippen LogP contribution in [0.3, 0.4) is 0 Å². The first-order chi connectivity index (χ1) is 7.41. The van der Waals surface area contributed by atoms with Gasteiger partial charge in [-0.2, -0.15) is 0 Å². The van der Waals surface area contributed by atoms with Gasteiger partial charge in [0.15, 0.2) is 0 Å². The lowest BCUT2D eigenvalue weighted by Crippen LogP contribution is -2.19. The summed E-state index contributed by atoms with van der Waals surface area (Å²) >= 11 is 0. The Morgan fingerprint density at radius 3 is 2.06 bits per heavy atom. The Bertz CT molecular complexity index is 337. The van der Waals surface area contributed by atoms with Crippen molar-refractivity contribution in [1.82, 2.24) is 0 Å². The number of benzene rings is 1. The van der Waals surface area contributed by atoms with Gasteiger partial charge in [-0.15, -0.1) is 0 Å². The van der Waals surface area contributed by atoms with Gasteiger partial charge in [0.1, 0.15) is 0 Å². The smallest absolute Gasteiger partial charge is 0.00510 e. The lowest BCUT2D eigenvalue weighted by Gasteiger charge is -2.17. The zero-order valence-corrected chi connectivity index (χ0v) is 11.2. The van der Waals surface area contributed by atoms with Crippen LogP contribution in [-0.4, -0.2) is 6.04 Å². The third-order valence-corrected chi connectivity index (χ3v) is 3.00. The summed E-state index contributed by atoms with van der Waals surface area (Å²) in [4.78, 5) is 0. The van der Waals surface area contributed by atoms with Crippen LogP contribution in [0.5, 0.6) is 0 Å². The molecule has 90 valence electrons. The van der Waals surface area contributed by atoms with Crippen LogP contribution in [0.1, 0.15) is 63.1 Å². The molecule has 0 aliphatic heterocycles. The molecule has 1 atom stereocenters. The second-order valence-corrected chi connectivity index (χ2v) is 5.45. The Morgan fingerprint density at radius 2 is 1.62 bits per heavy atom. The van der Waals surface area contributed by atoms with E-state index in [4.69, 9.17) is 5.73 Å². The molecule has 1 aromatic carbocycles. The summed E-state index contributed by atoms with van der Waals surface area (Å²) < 4.78 is 0. The normalized spacial score (nSPS) is 13.5. The Hall–Kier alpha value is -0.820. The Balaban J connectivity index is 3.10. The van der Waals surface area contributed by atoms with Crippen molar-refractivity contribution < 1.29 is 0 Å². The molecule has 0 heterocycles. The summed E-state index contributed by atoms with van der Waals surface area (Å²) in [5.41, 5.74) is 10.2. The lowest BCUT2D eigenvalue weighted by molar-refractivity contribution is 0.717. The molecule has 0 saturated heterocycles. The second kappa shape index (κ2) is 5.49.